The van der Waals surface area contributed by atoms with Gasteiger partial charge in [-0.1, -0.05) is 32.0 Å². The van der Waals surface area contributed by atoms with Crippen LogP contribution in [0.15, 0.2) is 35.2 Å². The van der Waals surface area contributed by atoms with Crippen molar-refractivity contribution in [3.05, 3.63) is 30.3 Å². The van der Waals surface area contributed by atoms with Crippen molar-refractivity contribution in [2.45, 2.75) is 24.8 Å². The molecule has 1 heterocycles. The predicted molar refractivity (Wildman–Crippen MR) is 102 cm³/mol. The summed E-state index contributed by atoms with van der Waals surface area (Å²) in [5.41, 5.74) is 0. The third-order valence-electron chi connectivity index (χ3n) is 4.46. The zero-order valence-corrected chi connectivity index (χ0v) is 16.8. The Labute approximate surface area is 155 Å². The van der Waals surface area contributed by atoms with Gasteiger partial charge in [-0.3, -0.25) is 4.79 Å². The summed E-state index contributed by atoms with van der Waals surface area (Å²) in [6.45, 7) is 5.14. The molecule has 1 N–H and O–H groups in total. The first-order valence-electron chi connectivity index (χ1n) is 8.36. The maximum absolute atomic E-state index is 12.5. The number of nitrogens with one attached hydrogen (secondary N) is 1. The third kappa shape index (κ3) is 5.44. The van der Waals surface area contributed by atoms with Gasteiger partial charge in [-0.05, 0) is 24.0 Å². The fraction of sp³-hybridized carbons (Fsp3) is 0.588. The highest BCUT2D eigenvalue weighted by Crippen LogP contribution is 2.26. The average molecular weight is 386 g/mol. The maximum Gasteiger partial charge on any atom is 0.279 e. The summed E-state index contributed by atoms with van der Waals surface area (Å²) in [5, 5.41) is 0. The molecule has 2 rings (SSSR count). The standard InChI is InChI=1S/C17H27N3O3S2/c1-13(2)15-10-20(11-16(15)18-25(22,23)19(3)4)17(21)12-24-14-8-6-5-7-9-14/h5-9,13,15-16,18H,10-12H2,1-4H3/t15-,16+/m0/s1. The quantitative estimate of drug-likeness (QED) is 0.725. The van der Waals surface area contributed by atoms with Crippen LogP contribution in [0.1, 0.15) is 13.8 Å². The Balaban J connectivity index is 1.99. The van der Waals surface area contributed by atoms with Crippen molar-refractivity contribution >= 4 is 27.9 Å². The van der Waals surface area contributed by atoms with Crippen molar-refractivity contribution in [1.29, 1.82) is 0 Å². The summed E-state index contributed by atoms with van der Waals surface area (Å²) in [7, 11) is -0.510. The minimum Gasteiger partial charge on any atom is -0.340 e. The van der Waals surface area contributed by atoms with Gasteiger partial charge in [0.1, 0.15) is 0 Å². The zero-order valence-electron chi connectivity index (χ0n) is 15.2. The summed E-state index contributed by atoms with van der Waals surface area (Å²) in [6.07, 6.45) is 0. The van der Waals surface area contributed by atoms with Gasteiger partial charge in [0.25, 0.3) is 10.2 Å². The summed E-state index contributed by atoms with van der Waals surface area (Å²) in [6, 6.07) is 9.55. The number of carbonyl (C=O) groups is 1. The number of benzene rings is 1. The van der Waals surface area contributed by atoms with Gasteiger partial charge < -0.3 is 4.90 Å². The number of rotatable bonds is 7. The number of thioether (sulfide) groups is 1. The summed E-state index contributed by atoms with van der Waals surface area (Å²) in [4.78, 5) is 15.4. The molecule has 1 aromatic carbocycles. The topological polar surface area (TPSA) is 69.7 Å². The van der Waals surface area contributed by atoms with Gasteiger partial charge in [0.05, 0.1) is 5.75 Å². The Morgan fingerprint density at radius 3 is 2.48 bits per heavy atom. The lowest BCUT2D eigenvalue weighted by Gasteiger charge is -2.24. The van der Waals surface area contributed by atoms with Crippen molar-refractivity contribution in [3.8, 4) is 0 Å². The SMILES string of the molecule is CC(C)[C@@H]1CN(C(=O)CSc2ccccc2)C[C@H]1NS(=O)(=O)N(C)C. The van der Waals surface area contributed by atoms with Crippen LogP contribution in [0.25, 0.3) is 0 Å². The average Bonchev–Trinajstić information content (AvgIpc) is 2.97. The first-order chi connectivity index (χ1) is 11.7. The molecule has 1 fully saturated rings. The highest BCUT2D eigenvalue weighted by atomic mass is 32.2. The molecular weight excluding hydrogens is 358 g/mol. The summed E-state index contributed by atoms with van der Waals surface area (Å²) < 4.78 is 28.2. The summed E-state index contributed by atoms with van der Waals surface area (Å²) >= 11 is 1.51. The number of nitrogens with zero attached hydrogens (tertiary/aromatic N) is 2. The normalized spacial score (nSPS) is 21.3. The molecule has 0 saturated carbocycles. The molecule has 0 unspecified atom stereocenters. The van der Waals surface area contributed by atoms with Crippen LogP contribution in [-0.4, -0.2) is 62.5 Å². The Bertz CT molecular complexity index is 678. The molecule has 1 aromatic rings. The Morgan fingerprint density at radius 1 is 1.28 bits per heavy atom. The molecule has 0 spiro atoms. The molecule has 1 aliphatic heterocycles. The van der Waals surface area contributed by atoms with Gasteiger partial charge in [0.15, 0.2) is 0 Å². The van der Waals surface area contributed by atoms with E-state index in [9.17, 15) is 13.2 Å². The number of carbonyl (C=O) groups excluding carboxylic acids is 1. The van der Waals surface area contributed by atoms with E-state index in [0.717, 1.165) is 4.90 Å². The van der Waals surface area contributed by atoms with E-state index in [0.29, 0.717) is 18.8 Å². The molecule has 140 valence electrons. The summed E-state index contributed by atoms with van der Waals surface area (Å²) in [5.74, 6) is 0.808. The van der Waals surface area contributed by atoms with Crippen molar-refractivity contribution in [3.63, 3.8) is 0 Å². The zero-order chi connectivity index (χ0) is 18.6. The van der Waals surface area contributed by atoms with Gasteiger partial charge in [-0.15, -0.1) is 11.8 Å². The number of likely N-dealkylation sites (tertiary alicyclic amines) is 1. The van der Waals surface area contributed by atoms with Gasteiger partial charge in [-0.25, -0.2) is 0 Å². The van der Waals surface area contributed by atoms with E-state index in [2.05, 4.69) is 18.6 Å². The third-order valence-corrected chi connectivity index (χ3v) is 7.02. The molecule has 1 aliphatic rings. The molecule has 6 nitrogen and oxygen atoms in total. The second-order valence-corrected chi connectivity index (χ2v) is 9.78. The molecule has 0 bridgehead atoms. The molecule has 0 aromatic heterocycles. The lowest BCUT2D eigenvalue weighted by Crippen LogP contribution is -2.46. The van der Waals surface area contributed by atoms with Crippen LogP contribution in [-0.2, 0) is 15.0 Å². The number of hydrogen-bond acceptors (Lipinski definition) is 4. The molecule has 0 aliphatic carbocycles. The lowest BCUT2D eigenvalue weighted by molar-refractivity contribution is -0.127. The van der Waals surface area contributed by atoms with Crippen LogP contribution in [0.2, 0.25) is 0 Å². The highest BCUT2D eigenvalue weighted by Gasteiger charge is 2.39. The number of hydrogen-bond donors (Lipinski definition) is 1. The minimum absolute atomic E-state index is 0.0473. The van der Waals surface area contributed by atoms with Crippen molar-refractivity contribution in [2.24, 2.45) is 11.8 Å². The Kier molecular flexibility index (Phi) is 6.90. The van der Waals surface area contributed by atoms with Gasteiger partial charge in [0, 0.05) is 38.1 Å². The molecule has 25 heavy (non-hydrogen) atoms. The van der Waals surface area contributed by atoms with Gasteiger partial charge in [-0.2, -0.15) is 17.4 Å². The maximum atomic E-state index is 12.5. The van der Waals surface area contributed by atoms with Crippen molar-refractivity contribution in [1.82, 2.24) is 13.9 Å². The molecule has 1 saturated heterocycles. The predicted octanol–water partition coefficient (Wildman–Crippen LogP) is 1.66. The second kappa shape index (κ2) is 8.53. The lowest BCUT2D eigenvalue weighted by atomic mass is 9.92. The largest absolute Gasteiger partial charge is 0.340 e. The Hall–Kier alpha value is -1.09. The molecular formula is C17H27N3O3S2. The van der Waals surface area contributed by atoms with Crippen LogP contribution in [0.3, 0.4) is 0 Å². The minimum atomic E-state index is -3.51. The van der Waals surface area contributed by atoms with Crippen molar-refractivity contribution in [2.75, 3.05) is 32.9 Å². The van der Waals surface area contributed by atoms with Crippen LogP contribution in [0.4, 0.5) is 0 Å². The molecule has 2 atom stereocenters. The fourth-order valence-corrected chi connectivity index (χ4v) is 4.55. The first-order valence-corrected chi connectivity index (χ1v) is 10.8. The van der Waals surface area contributed by atoms with Gasteiger partial charge in [0.2, 0.25) is 5.91 Å². The van der Waals surface area contributed by atoms with E-state index < -0.39 is 10.2 Å². The van der Waals surface area contributed by atoms with Crippen LogP contribution >= 0.6 is 11.8 Å². The number of amides is 1. The van der Waals surface area contributed by atoms with Crippen molar-refractivity contribution < 1.29 is 13.2 Å². The first kappa shape index (κ1) is 20.2. The van der Waals surface area contributed by atoms with E-state index in [-0.39, 0.29) is 23.8 Å². The van der Waals surface area contributed by atoms with Crippen LogP contribution in [0, 0.1) is 11.8 Å². The fourth-order valence-electron chi connectivity index (χ4n) is 2.88. The highest BCUT2D eigenvalue weighted by molar-refractivity contribution is 8.00. The van der Waals surface area contributed by atoms with Gasteiger partial charge >= 0.3 is 0 Å². The smallest absolute Gasteiger partial charge is 0.279 e. The van der Waals surface area contributed by atoms with E-state index in [1.54, 1.807) is 4.90 Å². The Morgan fingerprint density at radius 2 is 1.92 bits per heavy atom. The van der Waals surface area contributed by atoms with E-state index in [1.807, 2.05) is 30.3 Å². The molecule has 8 heteroatoms. The van der Waals surface area contributed by atoms with E-state index in [1.165, 1.54) is 30.2 Å². The molecule has 0 radical (unpaired) electrons. The van der Waals surface area contributed by atoms with Crippen LogP contribution < -0.4 is 4.72 Å². The molecule has 1 amide bonds. The van der Waals surface area contributed by atoms with Crippen LogP contribution in [0.5, 0.6) is 0 Å². The second-order valence-electron chi connectivity index (χ2n) is 6.82. The van der Waals surface area contributed by atoms with E-state index >= 15 is 0 Å². The monoisotopic (exact) mass is 385 g/mol. The van der Waals surface area contributed by atoms with E-state index in [4.69, 9.17) is 0 Å².